The smallest absolute Gasteiger partial charge is 0.310 e. The molecule has 0 amide bonds. The van der Waals surface area contributed by atoms with Crippen LogP contribution in [0.15, 0.2) is 30.3 Å². The molecule has 2 aromatic rings. The highest BCUT2D eigenvalue weighted by atomic mass is 32.1. The molecule has 2 heterocycles. The standard InChI is InChI=1S/C12H11N3O2S/c16-11(17)9-6-15(7-9)12-14-13-10(18-12)8-4-2-1-3-5-8/h1-5,9H,6-7H2,(H,16,17). The molecule has 1 fully saturated rings. The van der Waals surface area contributed by atoms with Gasteiger partial charge in [0.2, 0.25) is 5.13 Å². The van der Waals surface area contributed by atoms with Gasteiger partial charge in [0.1, 0.15) is 5.01 Å². The van der Waals surface area contributed by atoms with Crippen LogP contribution < -0.4 is 4.90 Å². The molecule has 0 unspecified atom stereocenters. The molecule has 1 saturated heterocycles. The van der Waals surface area contributed by atoms with Gasteiger partial charge in [0.25, 0.3) is 0 Å². The predicted octanol–water partition coefficient (Wildman–Crippen LogP) is 1.73. The van der Waals surface area contributed by atoms with Crippen molar-refractivity contribution in [2.45, 2.75) is 0 Å². The molecule has 92 valence electrons. The average molecular weight is 261 g/mol. The van der Waals surface area contributed by atoms with E-state index in [0.717, 1.165) is 15.7 Å². The third-order valence-electron chi connectivity index (χ3n) is 2.94. The van der Waals surface area contributed by atoms with Gasteiger partial charge in [0.15, 0.2) is 0 Å². The van der Waals surface area contributed by atoms with Gasteiger partial charge in [-0.15, -0.1) is 10.2 Å². The van der Waals surface area contributed by atoms with E-state index in [1.165, 1.54) is 11.3 Å². The lowest BCUT2D eigenvalue weighted by Gasteiger charge is -2.35. The van der Waals surface area contributed by atoms with Crippen LogP contribution in [0.3, 0.4) is 0 Å². The Morgan fingerprint density at radius 1 is 1.28 bits per heavy atom. The van der Waals surface area contributed by atoms with Crippen molar-refractivity contribution in [2.24, 2.45) is 5.92 Å². The molecule has 1 aliphatic rings. The molecule has 1 aromatic carbocycles. The Kier molecular flexibility index (Phi) is 2.71. The fourth-order valence-corrected chi connectivity index (χ4v) is 2.70. The van der Waals surface area contributed by atoms with Gasteiger partial charge in [-0.1, -0.05) is 41.7 Å². The van der Waals surface area contributed by atoms with Gasteiger partial charge in [0.05, 0.1) is 5.92 Å². The molecule has 3 rings (SSSR count). The summed E-state index contributed by atoms with van der Waals surface area (Å²) in [6, 6.07) is 9.85. The summed E-state index contributed by atoms with van der Waals surface area (Å²) in [5.74, 6) is -1.01. The number of aliphatic carboxylic acids is 1. The first-order valence-electron chi connectivity index (χ1n) is 5.61. The molecule has 1 aliphatic heterocycles. The largest absolute Gasteiger partial charge is 0.481 e. The number of carboxylic acids is 1. The first-order valence-corrected chi connectivity index (χ1v) is 6.42. The van der Waals surface area contributed by atoms with Crippen LogP contribution in [0.5, 0.6) is 0 Å². The second kappa shape index (κ2) is 4.38. The minimum Gasteiger partial charge on any atom is -0.481 e. The third-order valence-corrected chi connectivity index (χ3v) is 3.97. The van der Waals surface area contributed by atoms with Crippen LogP contribution in [0.4, 0.5) is 5.13 Å². The first kappa shape index (κ1) is 11.2. The maximum atomic E-state index is 10.7. The lowest BCUT2D eigenvalue weighted by molar-refractivity contribution is -0.142. The molecule has 0 atom stereocenters. The quantitative estimate of drug-likeness (QED) is 0.911. The maximum Gasteiger partial charge on any atom is 0.310 e. The summed E-state index contributed by atoms with van der Waals surface area (Å²) in [7, 11) is 0. The van der Waals surface area contributed by atoms with Crippen LogP contribution in [0, 0.1) is 5.92 Å². The third kappa shape index (κ3) is 1.95. The van der Waals surface area contributed by atoms with Crippen LogP contribution in [0.2, 0.25) is 0 Å². The molecule has 0 radical (unpaired) electrons. The van der Waals surface area contributed by atoms with Crippen molar-refractivity contribution in [1.29, 1.82) is 0 Å². The normalized spacial score (nSPS) is 15.4. The number of aromatic nitrogens is 2. The Hall–Kier alpha value is -1.95. The van der Waals surface area contributed by atoms with Crippen molar-refractivity contribution in [3.63, 3.8) is 0 Å². The lowest BCUT2D eigenvalue weighted by atomic mass is 10.0. The number of rotatable bonds is 3. The number of anilines is 1. The van der Waals surface area contributed by atoms with Gasteiger partial charge in [-0.3, -0.25) is 4.79 Å². The Morgan fingerprint density at radius 3 is 2.67 bits per heavy atom. The monoisotopic (exact) mass is 261 g/mol. The molecule has 0 spiro atoms. The summed E-state index contributed by atoms with van der Waals surface area (Å²) >= 11 is 1.49. The molecule has 18 heavy (non-hydrogen) atoms. The van der Waals surface area contributed by atoms with Gasteiger partial charge in [-0.2, -0.15) is 0 Å². The second-order valence-corrected chi connectivity index (χ2v) is 5.15. The van der Waals surface area contributed by atoms with E-state index in [1.807, 2.05) is 35.2 Å². The van der Waals surface area contributed by atoms with E-state index in [1.54, 1.807) is 0 Å². The van der Waals surface area contributed by atoms with Crippen molar-refractivity contribution in [3.05, 3.63) is 30.3 Å². The number of hydrogen-bond donors (Lipinski definition) is 1. The van der Waals surface area contributed by atoms with Crippen LogP contribution in [0.1, 0.15) is 0 Å². The second-order valence-electron chi connectivity index (χ2n) is 4.20. The van der Waals surface area contributed by atoms with Gasteiger partial charge in [0, 0.05) is 18.7 Å². The van der Waals surface area contributed by atoms with Crippen LogP contribution in [0.25, 0.3) is 10.6 Å². The Morgan fingerprint density at radius 2 is 2.00 bits per heavy atom. The van der Waals surface area contributed by atoms with Gasteiger partial charge >= 0.3 is 5.97 Å². The van der Waals surface area contributed by atoms with Crippen molar-refractivity contribution in [3.8, 4) is 10.6 Å². The summed E-state index contributed by atoms with van der Waals surface area (Å²) in [5.41, 5.74) is 1.04. The van der Waals surface area contributed by atoms with E-state index in [2.05, 4.69) is 10.2 Å². The molecule has 1 aromatic heterocycles. The maximum absolute atomic E-state index is 10.7. The van der Waals surface area contributed by atoms with Crippen molar-refractivity contribution >= 4 is 22.4 Å². The highest BCUT2D eigenvalue weighted by Gasteiger charge is 2.34. The Balaban J connectivity index is 1.74. The van der Waals surface area contributed by atoms with E-state index in [0.29, 0.717) is 13.1 Å². The molecule has 6 heteroatoms. The van der Waals surface area contributed by atoms with Crippen LogP contribution in [-0.4, -0.2) is 34.4 Å². The van der Waals surface area contributed by atoms with Gasteiger partial charge < -0.3 is 10.0 Å². The summed E-state index contributed by atoms with van der Waals surface area (Å²) < 4.78 is 0. The molecule has 0 aliphatic carbocycles. The van der Waals surface area contributed by atoms with Crippen LogP contribution in [-0.2, 0) is 4.79 Å². The number of nitrogens with zero attached hydrogens (tertiary/aromatic N) is 3. The predicted molar refractivity (Wildman–Crippen MR) is 68.7 cm³/mol. The summed E-state index contributed by atoms with van der Waals surface area (Å²) in [4.78, 5) is 12.7. The first-order chi connectivity index (χ1) is 8.74. The van der Waals surface area contributed by atoms with Crippen molar-refractivity contribution in [1.82, 2.24) is 10.2 Å². The van der Waals surface area contributed by atoms with Crippen LogP contribution >= 0.6 is 11.3 Å². The molecular weight excluding hydrogens is 250 g/mol. The molecular formula is C12H11N3O2S. The number of carbonyl (C=O) groups is 1. The zero-order chi connectivity index (χ0) is 12.5. The Labute approximate surface area is 108 Å². The van der Waals surface area contributed by atoms with E-state index in [4.69, 9.17) is 5.11 Å². The lowest BCUT2D eigenvalue weighted by Crippen LogP contribution is -2.50. The Bertz CT molecular complexity index is 564. The van der Waals surface area contributed by atoms with Gasteiger partial charge in [-0.05, 0) is 0 Å². The topological polar surface area (TPSA) is 66.3 Å². The number of hydrogen-bond acceptors (Lipinski definition) is 5. The number of carboxylic acid groups (broad SMARTS) is 1. The zero-order valence-electron chi connectivity index (χ0n) is 9.48. The number of benzene rings is 1. The van der Waals surface area contributed by atoms with Crippen molar-refractivity contribution in [2.75, 3.05) is 18.0 Å². The van der Waals surface area contributed by atoms with Gasteiger partial charge in [-0.25, -0.2) is 0 Å². The highest BCUT2D eigenvalue weighted by molar-refractivity contribution is 7.18. The average Bonchev–Trinajstić information content (AvgIpc) is 2.77. The highest BCUT2D eigenvalue weighted by Crippen LogP contribution is 2.32. The minimum absolute atomic E-state index is 0.269. The molecule has 0 saturated carbocycles. The molecule has 0 bridgehead atoms. The zero-order valence-corrected chi connectivity index (χ0v) is 10.3. The SMILES string of the molecule is O=C(O)C1CN(c2nnc(-c3ccccc3)s2)C1. The van der Waals surface area contributed by atoms with E-state index in [9.17, 15) is 4.79 Å². The minimum atomic E-state index is -0.737. The molecule has 1 N–H and O–H groups in total. The van der Waals surface area contributed by atoms with Crippen molar-refractivity contribution < 1.29 is 9.90 Å². The van der Waals surface area contributed by atoms with E-state index < -0.39 is 5.97 Å². The summed E-state index contributed by atoms with van der Waals surface area (Å²) in [5, 5.41) is 18.7. The fourth-order valence-electron chi connectivity index (χ4n) is 1.83. The summed E-state index contributed by atoms with van der Waals surface area (Å²) in [6.07, 6.45) is 0. The molecule has 5 nitrogen and oxygen atoms in total. The van der Waals surface area contributed by atoms with E-state index in [-0.39, 0.29) is 5.92 Å². The van der Waals surface area contributed by atoms with E-state index >= 15 is 0 Å². The fraction of sp³-hybridized carbons (Fsp3) is 0.250. The summed E-state index contributed by atoms with van der Waals surface area (Å²) in [6.45, 7) is 1.05.